The Hall–Kier alpha value is -2.07. The molecule has 2 amide bonds. The van der Waals surface area contributed by atoms with Crippen molar-refractivity contribution in [1.29, 1.82) is 0 Å². The summed E-state index contributed by atoms with van der Waals surface area (Å²) in [6, 6.07) is 1.76. The maximum absolute atomic E-state index is 12.3. The van der Waals surface area contributed by atoms with E-state index in [-0.39, 0.29) is 30.7 Å². The number of sulfonamides is 1. The van der Waals surface area contributed by atoms with E-state index in [0.717, 1.165) is 36.5 Å². The van der Waals surface area contributed by atoms with Crippen LogP contribution in [0.2, 0.25) is 0 Å². The third-order valence-corrected chi connectivity index (χ3v) is 6.28. The second kappa shape index (κ2) is 8.95. The fourth-order valence-corrected chi connectivity index (χ4v) is 4.39. The lowest BCUT2D eigenvalue weighted by Crippen LogP contribution is -2.44. The summed E-state index contributed by atoms with van der Waals surface area (Å²) in [7, 11) is -3.65. The number of hydrogen-bond acceptors (Lipinski definition) is 7. The standard InChI is InChI=1S/C18H27N5O4S/c1-14-12-15(21-18(20-14)22-8-3-2-4-9-22)13-19-28(26,27)11-10-23-16(24)6-5-7-17(23)25/h12,19H,2-11,13H2,1H3. The number of aromatic nitrogens is 2. The summed E-state index contributed by atoms with van der Waals surface area (Å²) in [5, 5.41) is 0. The van der Waals surface area contributed by atoms with Crippen molar-refractivity contribution in [3.05, 3.63) is 17.5 Å². The Morgan fingerprint density at radius 1 is 1.04 bits per heavy atom. The van der Waals surface area contributed by atoms with Gasteiger partial charge in [-0.2, -0.15) is 0 Å². The molecule has 0 radical (unpaired) electrons. The number of imide groups is 1. The van der Waals surface area contributed by atoms with Crippen LogP contribution in [0, 0.1) is 6.92 Å². The van der Waals surface area contributed by atoms with Gasteiger partial charge in [-0.3, -0.25) is 14.5 Å². The molecule has 9 nitrogen and oxygen atoms in total. The van der Waals surface area contributed by atoms with Crippen LogP contribution in [0.3, 0.4) is 0 Å². The second-order valence-electron chi connectivity index (χ2n) is 7.28. The molecule has 1 aromatic heterocycles. The molecule has 0 unspecified atom stereocenters. The van der Waals surface area contributed by atoms with E-state index in [9.17, 15) is 18.0 Å². The van der Waals surface area contributed by atoms with Crippen LogP contribution in [-0.2, 0) is 26.2 Å². The largest absolute Gasteiger partial charge is 0.341 e. The number of amides is 2. The molecule has 3 rings (SSSR count). The van der Waals surface area contributed by atoms with Gasteiger partial charge in [-0.05, 0) is 38.7 Å². The van der Waals surface area contributed by atoms with E-state index in [1.54, 1.807) is 6.07 Å². The quantitative estimate of drug-likeness (QED) is 0.661. The van der Waals surface area contributed by atoms with Crippen LogP contribution in [0.4, 0.5) is 5.95 Å². The van der Waals surface area contributed by atoms with Crippen molar-refractivity contribution in [2.24, 2.45) is 0 Å². The number of carbonyl (C=O) groups excluding carboxylic acids is 2. The fraction of sp³-hybridized carbons (Fsp3) is 0.667. The molecule has 0 atom stereocenters. The number of anilines is 1. The minimum Gasteiger partial charge on any atom is -0.341 e. The van der Waals surface area contributed by atoms with Crippen molar-refractivity contribution in [3.8, 4) is 0 Å². The van der Waals surface area contributed by atoms with Crippen molar-refractivity contribution < 1.29 is 18.0 Å². The van der Waals surface area contributed by atoms with Crippen molar-refractivity contribution in [2.75, 3.05) is 30.3 Å². The van der Waals surface area contributed by atoms with Crippen molar-refractivity contribution in [3.63, 3.8) is 0 Å². The molecule has 0 spiro atoms. The number of hydrogen-bond donors (Lipinski definition) is 1. The molecule has 0 aliphatic carbocycles. The Morgan fingerprint density at radius 2 is 1.71 bits per heavy atom. The first-order valence-corrected chi connectivity index (χ1v) is 11.4. The van der Waals surface area contributed by atoms with Gasteiger partial charge in [-0.1, -0.05) is 0 Å². The topological polar surface area (TPSA) is 113 Å². The van der Waals surface area contributed by atoms with Crippen LogP contribution in [0.1, 0.15) is 49.9 Å². The molecule has 3 heterocycles. The lowest BCUT2D eigenvalue weighted by Gasteiger charge is -2.27. The smallest absolute Gasteiger partial charge is 0.229 e. The van der Waals surface area contributed by atoms with Gasteiger partial charge in [0.1, 0.15) is 0 Å². The van der Waals surface area contributed by atoms with E-state index in [1.807, 2.05) is 6.92 Å². The molecule has 28 heavy (non-hydrogen) atoms. The summed E-state index contributed by atoms with van der Waals surface area (Å²) in [4.78, 5) is 35.7. The number of aryl methyl sites for hydroxylation is 1. The summed E-state index contributed by atoms with van der Waals surface area (Å²) in [5.41, 5.74) is 1.39. The number of nitrogens with zero attached hydrogens (tertiary/aromatic N) is 4. The SMILES string of the molecule is Cc1cc(CNS(=O)(=O)CCN2C(=O)CCCC2=O)nc(N2CCCCC2)n1. The molecule has 1 N–H and O–H groups in total. The van der Waals surface area contributed by atoms with Crippen molar-refractivity contribution in [2.45, 2.75) is 52.0 Å². The predicted octanol–water partition coefficient (Wildman–Crippen LogP) is 0.734. The molecule has 2 saturated heterocycles. The van der Waals surface area contributed by atoms with Gasteiger partial charge in [0.15, 0.2) is 0 Å². The molecule has 0 bridgehead atoms. The zero-order chi connectivity index (χ0) is 20.1. The van der Waals surface area contributed by atoms with Gasteiger partial charge in [-0.15, -0.1) is 0 Å². The summed E-state index contributed by atoms with van der Waals surface area (Å²) >= 11 is 0. The van der Waals surface area contributed by atoms with Crippen molar-refractivity contribution >= 4 is 27.8 Å². The summed E-state index contributed by atoms with van der Waals surface area (Å²) < 4.78 is 27.2. The first kappa shape index (κ1) is 20.7. The molecular weight excluding hydrogens is 382 g/mol. The van der Waals surface area contributed by atoms with E-state index in [0.29, 0.717) is 30.9 Å². The van der Waals surface area contributed by atoms with E-state index in [1.165, 1.54) is 6.42 Å². The van der Waals surface area contributed by atoms with E-state index in [4.69, 9.17) is 0 Å². The Kier molecular flexibility index (Phi) is 6.61. The second-order valence-corrected chi connectivity index (χ2v) is 9.21. The zero-order valence-electron chi connectivity index (χ0n) is 16.2. The Balaban J connectivity index is 1.58. The molecule has 0 aromatic carbocycles. The van der Waals surface area contributed by atoms with E-state index < -0.39 is 10.0 Å². The Labute approximate surface area is 165 Å². The maximum Gasteiger partial charge on any atom is 0.229 e. The van der Waals surface area contributed by atoms with Crippen LogP contribution in [0.5, 0.6) is 0 Å². The fourth-order valence-electron chi connectivity index (χ4n) is 3.46. The Morgan fingerprint density at radius 3 is 2.39 bits per heavy atom. The average molecular weight is 410 g/mol. The van der Waals surface area contributed by atoms with E-state index in [2.05, 4.69) is 19.6 Å². The molecule has 1 aromatic rings. The molecule has 10 heteroatoms. The molecule has 2 aliphatic heterocycles. The third kappa shape index (κ3) is 5.48. The van der Waals surface area contributed by atoms with Crippen LogP contribution in [0.25, 0.3) is 0 Å². The monoisotopic (exact) mass is 409 g/mol. The highest BCUT2D eigenvalue weighted by Crippen LogP contribution is 2.17. The first-order chi connectivity index (χ1) is 13.3. The van der Waals surface area contributed by atoms with Gasteiger partial charge in [0.2, 0.25) is 27.8 Å². The van der Waals surface area contributed by atoms with Gasteiger partial charge in [0, 0.05) is 38.2 Å². The van der Waals surface area contributed by atoms with Crippen LogP contribution in [-0.4, -0.2) is 60.5 Å². The van der Waals surface area contributed by atoms with Gasteiger partial charge in [0.25, 0.3) is 0 Å². The molecule has 154 valence electrons. The lowest BCUT2D eigenvalue weighted by molar-refractivity contribution is -0.147. The molecule has 2 fully saturated rings. The number of rotatable bonds is 7. The predicted molar refractivity (Wildman–Crippen MR) is 104 cm³/mol. The molecule has 0 saturated carbocycles. The molecule has 2 aliphatic rings. The maximum atomic E-state index is 12.3. The average Bonchev–Trinajstić information content (AvgIpc) is 2.66. The summed E-state index contributed by atoms with van der Waals surface area (Å²) in [5.74, 6) is -0.278. The highest BCUT2D eigenvalue weighted by molar-refractivity contribution is 7.89. The normalized spacial score (nSPS) is 18.6. The number of carbonyl (C=O) groups is 2. The van der Waals surface area contributed by atoms with Gasteiger partial charge in [-0.25, -0.2) is 23.1 Å². The van der Waals surface area contributed by atoms with Gasteiger partial charge in [0.05, 0.1) is 18.0 Å². The highest BCUT2D eigenvalue weighted by atomic mass is 32.2. The number of piperidine rings is 2. The number of nitrogens with one attached hydrogen (secondary N) is 1. The first-order valence-electron chi connectivity index (χ1n) is 9.74. The van der Waals surface area contributed by atoms with Crippen LogP contribution < -0.4 is 9.62 Å². The summed E-state index contributed by atoms with van der Waals surface area (Å²) in [6.07, 6.45) is 4.53. The van der Waals surface area contributed by atoms with Crippen molar-refractivity contribution in [1.82, 2.24) is 19.6 Å². The van der Waals surface area contributed by atoms with Gasteiger partial charge < -0.3 is 4.90 Å². The minimum absolute atomic E-state index is 0.0500. The minimum atomic E-state index is -3.65. The van der Waals surface area contributed by atoms with Crippen LogP contribution >= 0.6 is 0 Å². The van der Waals surface area contributed by atoms with E-state index >= 15 is 0 Å². The third-order valence-electron chi connectivity index (χ3n) is 4.97. The highest BCUT2D eigenvalue weighted by Gasteiger charge is 2.27. The summed E-state index contributed by atoms with van der Waals surface area (Å²) in [6.45, 7) is 3.61. The Bertz CT molecular complexity index is 820. The van der Waals surface area contributed by atoms with Crippen LogP contribution in [0.15, 0.2) is 6.07 Å². The zero-order valence-corrected chi connectivity index (χ0v) is 17.0. The molecular formula is C18H27N5O4S. The lowest BCUT2D eigenvalue weighted by atomic mass is 10.1. The van der Waals surface area contributed by atoms with Gasteiger partial charge >= 0.3 is 0 Å². The number of likely N-dealkylation sites (tertiary alicyclic amines) is 1.